The van der Waals surface area contributed by atoms with E-state index in [9.17, 15) is 14.7 Å². The van der Waals surface area contributed by atoms with E-state index in [0.29, 0.717) is 23.0 Å². The quantitative estimate of drug-likeness (QED) is 0.561. The van der Waals surface area contributed by atoms with Crippen molar-refractivity contribution >= 4 is 23.4 Å². The van der Waals surface area contributed by atoms with Crippen LogP contribution in [0.1, 0.15) is 22.0 Å². The van der Waals surface area contributed by atoms with Crippen LogP contribution in [0.3, 0.4) is 0 Å². The van der Waals surface area contributed by atoms with Gasteiger partial charge in [0.2, 0.25) is 0 Å². The highest BCUT2D eigenvalue weighted by Gasteiger charge is 2.29. The van der Waals surface area contributed by atoms with Gasteiger partial charge < -0.3 is 25.2 Å². The Bertz CT molecular complexity index is 1170. The van der Waals surface area contributed by atoms with Crippen LogP contribution < -0.4 is 20.1 Å². The van der Waals surface area contributed by atoms with Gasteiger partial charge in [0.25, 0.3) is 5.91 Å². The van der Waals surface area contributed by atoms with E-state index in [1.807, 2.05) is 12.1 Å². The molecule has 0 unspecified atom stereocenters. The molecule has 0 fully saturated rings. The molecule has 31 heavy (non-hydrogen) atoms. The molecule has 0 aliphatic carbocycles. The van der Waals surface area contributed by atoms with Gasteiger partial charge in [0.1, 0.15) is 28.6 Å². The van der Waals surface area contributed by atoms with Crippen molar-refractivity contribution in [1.29, 1.82) is 0 Å². The molecule has 1 amide bonds. The molecule has 3 aromatic rings. The van der Waals surface area contributed by atoms with Crippen molar-refractivity contribution < 1.29 is 24.2 Å². The van der Waals surface area contributed by atoms with Crippen LogP contribution in [-0.2, 0) is 4.79 Å². The number of allylic oxidation sites excluding steroid dienone is 1. The van der Waals surface area contributed by atoms with Gasteiger partial charge in [0.15, 0.2) is 0 Å². The SMILES string of the molecule is COc1ccc([C@@H]2C=C(C(=O)O)Nc3c(C(=O)Nc4cccc(OC)c4)cnn32)cc1. The molecule has 0 spiro atoms. The van der Waals surface area contributed by atoms with E-state index < -0.39 is 17.9 Å². The number of carboxylic acids is 1. The molecule has 0 radical (unpaired) electrons. The first-order chi connectivity index (χ1) is 15.0. The Morgan fingerprint density at radius 1 is 1.10 bits per heavy atom. The summed E-state index contributed by atoms with van der Waals surface area (Å²) < 4.78 is 11.9. The molecule has 9 heteroatoms. The summed E-state index contributed by atoms with van der Waals surface area (Å²) in [4.78, 5) is 24.6. The highest BCUT2D eigenvalue weighted by Crippen LogP contribution is 2.33. The van der Waals surface area contributed by atoms with Crippen LogP contribution in [0.25, 0.3) is 0 Å². The summed E-state index contributed by atoms with van der Waals surface area (Å²) in [5.74, 6) is 0.0103. The first-order valence-electron chi connectivity index (χ1n) is 9.39. The van der Waals surface area contributed by atoms with Gasteiger partial charge in [-0.1, -0.05) is 18.2 Å². The summed E-state index contributed by atoms with van der Waals surface area (Å²) in [7, 11) is 3.11. The van der Waals surface area contributed by atoms with E-state index in [-0.39, 0.29) is 11.3 Å². The summed E-state index contributed by atoms with van der Waals surface area (Å²) in [6.07, 6.45) is 2.96. The van der Waals surface area contributed by atoms with Gasteiger partial charge in [-0.2, -0.15) is 5.10 Å². The van der Waals surface area contributed by atoms with Gasteiger partial charge in [0.05, 0.1) is 26.5 Å². The van der Waals surface area contributed by atoms with Gasteiger partial charge in [-0.25, -0.2) is 9.48 Å². The first kappa shape index (κ1) is 20.0. The number of hydrogen-bond acceptors (Lipinski definition) is 6. The van der Waals surface area contributed by atoms with E-state index in [0.717, 1.165) is 5.56 Å². The fourth-order valence-electron chi connectivity index (χ4n) is 3.32. The second kappa shape index (κ2) is 8.23. The molecule has 0 saturated carbocycles. The monoisotopic (exact) mass is 420 g/mol. The van der Waals surface area contributed by atoms with Crippen LogP contribution >= 0.6 is 0 Å². The van der Waals surface area contributed by atoms with Crippen LogP contribution in [0.5, 0.6) is 11.5 Å². The maximum atomic E-state index is 12.9. The van der Waals surface area contributed by atoms with Gasteiger partial charge in [-0.15, -0.1) is 0 Å². The Balaban J connectivity index is 1.69. The molecule has 2 heterocycles. The van der Waals surface area contributed by atoms with Gasteiger partial charge in [0, 0.05) is 11.8 Å². The number of hydrogen-bond donors (Lipinski definition) is 3. The number of aliphatic carboxylic acids is 1. The molecule has 4 rings (SSSR count). The van der Waals surface area contributed by atoms with E-state index in [1.165, 1.54) is 13.3 Å². The normalized spacial score (nSPS) is 14.6. The van der Waals surface area contributed by atoms with Crippen molar-refractivity contribution in [1.82, 2.24) is 9.78 Å². The summed E-state index contributed by atoms with van der Waals surface area (Å²) in [5, 5.41) is 19.5. The average Bonchev–Trinajstić information content (AvgIpc) is 3.23. The van der Waals surface area contributed by atoms with Crippen molar-refractivity contribution in [2.75, 3.05) is 24.9 Å². The zero-order valence-corrected chi connectivity index (χ0v) is 16.8. The third kappa shape index (κ3) is 3.93. The van der Waals surface area contributed by atoms with E-state index in [2.05, 4.69) is 15.7 Å². The fraction of sp³-hybridized carbons (Fsp3) is 0.136. The third-order valence-electron chi connectivity index (χ3n) is 4.90. The molecule has 3 N–H and O–H groups in total. The summed E-state index contributed by atoms with van der Waals surface area (Å²) >= 11 is 0. The zero-order chi connectivity index (χ0) is 22.0. The number of anilines is 2. The van der Waals surface area contributed by atoms with Crippen LogP contribution in [-0.4, -0.2) is 41.0 Å². The second-order valence-electron chi connectivity index (χ2n) is 6.77. The minimum Gasteiger partial charge on any atom is -0.497 e. The number of nitrogens with one attached hydrogen (secondary N) is 2. The molecule has 1 aliphatic heterocycles. The van der Waals surface area contributed by atoms with Gasteiger partial charge >= 0.3 is 5.97 Å². The number of amides is 1. The standard InChI is InChI=1S/C22H20N4O5/c1-30-15-8-6-13(7-9-15)19-11-18(22(28)29)25-20-17(12-23-26(19)20)21(27)24-14-4-3-5-16(10-14)31-2/h3-12,19,25H,1-2H3,(H,24,27)(H,28,29)/t19-/m0/s1. The molecular weight excluding hydrogens is 400 g/mol. The molecule has 158 valence electrons. The second-order valence-corrected chi connectivity index (χ2v) is 6.77. The minimum absolute atomic E-state index is 0.0377. The lowest BCUT2D eigenvalue weighted by Gasteiger charge is -2.24. The van der Waals surface area contributed by atoms with Gasteiger partial charge in [-0.05, 0) is 35.9 Å². The van der Waals surface area contributed by atoms with Crippen molar-refractivity contribution in [2.45, 2.75) is 6.04 Å². The van der Waals surface area contributed by atoms with Crippen LogP contribution in [0, 0.1) is 0 Å². The Hall–Kier alpha value is -4.27. The van der Waals surface area contributed by atoms with Crippen LogP contribution in [0.2, 0.25) is 0 Å². The Kier molecular flexibility index (Phi) is 5.31. The number of aromatic nitrogens is 2. The highest BCUT2D eigenvalue weighted by atomic mass is 16.5. The van der Waals surface area contributed by atoms with Crippen molar-refractivity contribution in [3.05, 3.63) is 77.6 Å². The van der Waals surface area contributed by atoms with Crippen molar-refractivity contribution in [3.8, 4) is 11.5 Å². The molecule has 1 aliphatic rings. The molecule has 9 nitrogen and oxygen atoms in total. The number of carbonyl (C=O) groups is 2. The predicted molar refractivity (Wildman–Crippen MR) is 114 cm³/mol. The Morgan fingerprint density at radius 3 is 2.52 bits per heavy atom. The Labute approximate surface area is 177 Å². The lowest BCUT2D eigenvalue weighted by atomic mass is 10.0. The van der Waals surface area contributed by atoms with Gasteiger partial charge in [-0.3, -0.25) is 4.79 Å². The lowest BCUT2D eigenvalue weighted by Crippen LogP contribution is -2.25. The predicted octanol–water partition coefficient (Wildman–Crippen LogP) is 3.14. The topological polar surface area (TPSA) is 115 Å². The third-order valence-corrected chi connectivity index (χ3v) is 4.90. The number of fused-ring (bicyclic) bond motifs is 1. The summed E-state index contributed by atoms with van der Waals surface area (Å²) in [5.41, 5.74) is 1.52. The smallest absolute Gasteiger partial charge is 0.352 e. The number of nitrogens with zero attached hydrogens (tertiary/aromatic N) is 2. The average molecular weight is 420 g/mol. The molecule has 2 aromatic carbocycles. The number of ether oxygens (including phenoxy) is 2. The number of methoxy groups -OCH3 is 2. The van der Waals surface area contributed by atoms with Crippen molar-refractivity contribution in [2.24, 2.45) is 0 Å². The first-order valence-corrected chi connectivity index (χ1v) is 9.39. The maximum absolute atomic E-state index is 12.9. The lowest BCUT2D eigenvalue weighted by molar-refractivity contribution is -0.132. The van der Waals surface area contributed by atoms with E-state index in [4.69, 9.17) is 9.47 Å². The summed E-state index contributed by atoms with van der Waals surface area (Å²) in [6.45, 7) is 0. The Morgan fingerprint density at radius 2 is 1.84 bits per heavy atom. The molecule has 0 bridgehead atoms. The van der Waals surface area contributed by atoms with E-state index >= 15 is 0 Å². The molecule has 1 atom stereocenters. The fourth-order valence-corrected chi connectivity index (χ4v) is 3.32. The number of benzene rings is 2. The molecule has 0 saturated heterocycles. The summed E-state index contributed by atoms with van der Waals surface area (Å²) in [6, 6.07) is 13.6. The van der Waals surface area contributed by atoms with Crippen LogP contribution in [0.4, 0.5) is 11.5 Å². The zero-order valence-electron chi connectivity index (χ0n) is 16.8. The number of carboxylic acid groups (broad SMARTS) is 1. The molecular formula is C22H20N4O5. The number of rotatable bonds is 6. The van der Waals surface area contributed by atoms with E-state index in [1.54, 1.807) is 54.3 Å². The maximum Gasteiger partial charge on any atom is 0.352 e. The minimum atomic E-state index is -1.13. The highest BCUT2D eigenvalue weighted by molar-refractivity contribution is 6.08. The largest absolute Gasteiger partial charge is 0.497 e. The van der Waals surface area contributed by atoms with Crippen LogP contribution in [0.15, 0.2) is 66.5 Å². The number of carbonyl (C=O) groups excluding carboxylic acids is 1. The van der Waals surface area contributed by atoms with Crippen molar-refractivity contribution in [3.63, 3.8) is 0 Å². The molecule has 1 aromatic heterocycles.